The smallest absolute Gasteiger partial charge is 0.243 e. The zero-order chi connectivity index (χ0) is 12.6. The SMILES string of the molecule is Cc1noc([C@@H](C)N2CCC3(CC2)OCCO3)n1. The lowest BCUT2D eigenvalue weighted by molar-refractivity contribution is -0.188. The topological polar surface area (TPSA) is 60.6 Å². The Labute approximate surface area is 106 Å². The third kappa shape index (κ3) is 2.15. The summed E-state index contributed by atoms with van der Waals surface area (Å²) in [4.78, 5) is 6.63. The summed E-state index contributed by atoms with van der Waals surface area (Å²) >= 11 is 0. The van der Waals surface area contributed by atoms with Crippen molar-refractivity contribution in [3.05, 3.63) is 11.7 Å². The maximum Gasteiger partial charge on any atom is 0.243 e. The van der Waals surface area contributed by atoms with Gasteiger partial charge in [-0.3, -0.25) is 4.90 Å². The Morgan fingerprint density at radius 3 is 2.44 bits per heavy atom. The Morgan fingerprint density at radius 2 is 1.89 bits per heavy atom. The molecule has 0 unspecified atom stereocenters. The third-order valence-corrected chi connectivity index (χ3v) is 3.82. The van der Waals surface area contributed by atoms with Gasteiger partial charge in [0.05, 0.1) is 19.3 Å². The number of aromatic nitrogens is 2. The van der Waals surface area contributed by atoms with Gasteiger partial charge in [0.15, 0.2) is 11.6 Å². The van der Waals surface area contributed by atoms with E-state index in [1.165, 1.54) is 0 Å². The number of rotatable bonds is 2. The first kappa shape index (κ1) is 12.1. The molecule has 1 atom stereocenters. The molecule has 6 heteroatoms. The lowest BCUT2D eigenvalue weighted by Crippen LogP contribution is -2.45. The molecular formula is C12H19N3O3. The van der Waals surface area contributed by atoms with Gasteiger partial charge < -0.3 is 14.0 Å². The number of ether oxygens (including phenoxy) is 2. The van der Waals surface area contributed by atoms with Crippen molar-refractivity contribution >= 4 is 0 Å². The minimum absolute atomic E-state index is 0.157. The van der Waals surface area contributed by atoms with Crippen LogP contribution in [0, 0.1) is 6.92 Å². The molecule has 0 N–H and O–H groups in total. The van der Waals surface area contributed by atoms with Crippen LogP contribution in [0.5, 0.6) is 0 Å². The molecule has 0 amide bonds. The van der Waals surface area contributed by atoms with E-state index in [9.17, 15) is 0 Å². The van der Waals surface area contributed by atoms with E-state index in [0.717, 1.165) is 39.1 Å². The predicted octanol–water partition coefficient (Wildman–Crippen LogP) is 1.28. The van der Waals surface area contributed by atoms with Crippen molar-refractivity contribution in [2.45, 2.75) is 38.5 Å². The van der Waals surface area contributed by atoms with E-state index >= 15 is 0 Å². The van der Waals surface area contributed by atoms with E-state index in [1.54, 1.807) is 0 Å². The van der Waals surface area contributed by atoms with Crippen molar-refractivity contribution < 1.29 is 14.0 Å². The van der Waals surface area contributed by atoms with Gasteiger partial charge >= 0.3 is 0 Å². The summed E-state index contributed by atoms with van der Waals surface area (Å²) in [5.41, 5.74) is 0. The number of aryl methyl sites for hydroxylation is 1. The Bertz CT molecular complexity index is 404. The minimum Gasteiger partial charge on any atom is -0.347 e. The van der Waals surface area contributed by atoms with Crippen LogP contribution in [0.15, 0.2) is 4.52 Å². The van der Waals surface area contributed by atoms with E-state index in [4.69, 9.17) is 14.0 Å². The first-order valence-electron chi connectivity index (χ1n) is 6.51. The van der Waals surface area contributed by atoms with E-state index in [0.29, 0.717) is 11.7 Å². The second-order valence-electron chi connectivity index (χ2n) is 5.00. The van der Waals surface area contributed by atoms with Crippen LogP contribution in [0.3, 0.4) is 0 Å². The Kier molecular flexibility index (Phi) is 3.09. The molecule has 6 nitrogen and oxygen atoms in total. The van der Waals surface area contributed by atoms with Gasteiger partial charge in [0.25, 0.3) is 0 Å². The third-order valence-electron chi connectivity index (χ3n) is 3.82. The van der Waals surface area contributed by atoms with Crippen LogP contribution >= 0.6 is 0 Å². The highest BCUT2D eigenvalue weighted by Gasteiger charge is 2.41. The second kappa shape index (κ2) is 4.60. The summed E-state index contributed by atoms with van der Waals surface area (Å²) in [6.45, 7) is 7.24. The van der Waals surface area contributed by atoms with E-state index in [-0.39, 0.29) is 11.8 Å². The van der Waals surface area contributed by atoms with Gasteiger partial charge in [-0.2, -0.15) is 4.98 Å². The molecule has 0 radical (unpaired) electrons. The summed E-state index contributed by atoms with van der Waals surface area (Å²) in [7, 11) is 0. The largest absolute Gasteiger partial charge is 0.347 e. The van der Waals surface area contributed by atoms with Gasteiger partial charge in [-0.25, -0.2) is 0 Å². The van der Waals surface area contributed by atoms with Gasteiger partial charge in [0.1, 0.15) is 0 Å². The summed E-state index contributed by atoms with van der Waals surface area (Å²) in [6, 6.07) is 0.157. The highest BCUT2D eigenvalue weighted by Crippen LogP contribution is 2.34. The van der Waals surface area contributed by atoms with Crippen molar-refractivity contribution in [3.63, 3.8) is 0 Å². The molecule has 100 valence electrons. The Morgan fingerprint density at radius 1 is 1.22 bits per heavy atom. The van der Waals surface area contributed by atoms with Gasteiger partial charge in [0.2, 0.25) is 5.89 Å². The van der Waals surface area contributed by atoms with Crippen molar-refractivity contribution in [2.75, 3.05) is 26.3 Å². The van der Waals surface area contributed by atoms with E-state index in [1.807, 2.05) is 6.92 Å². The number of nitrogens with zero attached hydrogens (tertiary/aromatic N) is 3. The molecule has 2 fully saturated rings. The average molecular weight is 253 g/mol. The molecule has 18 heavy (non-hydrogen) atoms. The van der Waals surface area contributed by atoms with Gasteiger partial charge in [-0.1, -0.05) is 5.16 Å². The van der Waals surface area contributed by atoms with Crippen LogP contribution < -0.4 is 0 Å². The van der Waals surface area contributed by atoms with Crippen molar-refractivity contribution in [3.8, 4) is 0 Å². The molecule has 1 aromatic heterocycles. The molecule has 3 heterocycles. The van der Waals surface area contributed by atoms with Gasteiger partial charge in [-0.15, -0.1) is 0 Å². The Balaban J connectivity index is 1.62. The van der Waals surface area contributed by atoms with E-state index < -0.39 is 0 Å². The number of likely N-dealkylation sites (tertiary alicyclic amines) is 1. The van der Waals surface area contributed by atoms with Crippen LogP contribution in [0.4, 0.5) is 0 Å². The fraction of sp³-hybridized carbons (Fsp3) is 0.833. The van der Waals surface area contributed by atoms with Crippen LogP contribution in [0.2, 0.25) is 0 Å². The number of hydrogen-bond acceptors (Lipinski definition) is 6. The van der Waals surface area contributed by atoms with Crippen molar-refractivity contribution in [1.82, 2.24) is 15.0 Å². The Hall–Kier alpha value is -0.980. The van der Waals surface area contributed by atoms with Crippen LogP contribution in [0.1, 0.15) is 37.5 Å². The zero-order valence-electron chi connectivity index (χ0n) is 10.9. The van der Waals surface area contributed by atoms with Crippen LogP contribution in [0.25, 0.3) is 0 Å². The van der Waals surface area contributed by atoms with Crippen LogP contribution in [-0.2, 0) is 9.47 Å². The molecule has 2 aliphatic rings. The summed E-state index contributed by atoms with van der Waals surface area (Å²) in [5, 5.41) is 3.84. The predicted molar refractivity (Wildman–Crippen MR) is 62.9 cm³/mol. The molecule has 2 aliphatic heterocycles. The molecular weight excluding hydrogens is 234 g/mol. The molecule has 1 spiro atoms. The molecule has 3 rings (SSSR count). The van der Waals surface area contributed by atoms with Crippen LogP contribution in [-0.4, -0.2) is 47.1 Å². The highest BCUT2D eigenvalue weighted by atomic mass is 16.7. The maximum atomic E-state index is 5.72. The maximum absolute atomic E-state index is 5.72. The van der Waals surface area contributed by atoms with Gasteiger partial charge in [-0.05, 0) is 13.8 Å². The highest BCUT2D eigenvalue weighted by molar-refractivity contribution is 4.93. The van der Waals surface area contributed by atoms with Crippen molar-refractivity contribution in [2.24, 2.45) is 0 Å². The molecule has 1 aromatic rings. The fourth-order valence-electron chi connectivity index (χ4n) is 2.68. The lowest BCUT2D eigenvalue weighted by atomic mass is 10.0. The molecule has 0 saturated carbocycles. The lowest BCUT2D eigenvalue weighted by Gasteiger charge is -2.39. The normalized spacial score (nSPS) is 25.7. The molecule has 0 aromatic carbocycles. The van der Waals surface area contributed by atoms with Crippen molar-refractivity contribution in [1.29, 1.82) is 0 Å². The monoisotopic (exact) mass is 253 g/mol. The summed E-state index contributed by atoms with van der Waals surface area (Å²) in [6.07, 6.45) is 1.81. The van der Waals surface area contributed by atoms with E-state index in [2.05, 4.69) is 22.0 Å². The molecule has 0 aliphatic carbocycles. The zero-order valence-corrected chi connectivity index (χ0v) is 10.9. The van der Waals surface area contributed by atoms with Gasteiger partial charge in [0, 0.05) is 25.9 Å². The molecule has 2 saturated heterocycles. The first-order valence-corrected chi connectivity index (χ1v) is 6.51. The quantitative estimate of drug-likeness (QED) is 0.791. The first-order chi connectivity index (χ1) is 8.69. The average Bonchev–Trinajstić information content (AvgIpc) is 3.00. The standard InChI is InChI=1S/C12H19N3O3/c1-9(11-13-10(2)14-18-11)15-5-3-12(4-6-15)16-7-8-17-12/h9H,3-8H2,1-2H3/t9-/m1/s1. The fourth-order valence-corrected chi connectivity index (χ4v) is 2.68. The summed E-state index contributed by atoms with van der Waals surface area (Å²) in [5.74, 6) is 1.06. The minimum atomic E-state index is -0.318. The number of piperidine rings is 1. The number of hydrogen-bond donors (Lipinski definition) is 0. The molecule has 0 bridgehead atoms. The second-order valence-corrected chi connectivity index (χ2v) is 5.00. The summed E-state index contributed by atoms with van der Waals surface area (Å²) < 4.78 is 16.7.